The summed E-state index contributed by atoms with van der Waals surface area (Å²) in [7, 11) is 0. The molecular formula is C17H24N6O2. The van der Waals surface area contributed by atoms with E-state index in [-0.39, 0.29) is 6.03 Å². The van der Waals surface area contributed by atoms with E-state index in [1.165, 1.54) is 12.8 Å². The highest BCUT2D eigenvalue weighted by atomic mass is 16.5. The third-order valence-electron chi connectivity index (χ3n) is 5.16. The van der Waals surface area contributed by atoms with Crippen LogP contribution in [0.4, 0.5) is 10.5 Å². The average Bonchev–Trinajstić information content (AvgIpc) is 3.29. The zero-order valence-electron chi connectivity index (χ0n) is 14.7. The summed E-state index contributed by atoms with van der Waals surface area (Å²) >= 11 is 0. The maximum absolute atomic E-state index is 12.4. The summed E-state index contributed by atoms with van der Waals surface area (Å²) < 4.78 is 7.06. The summed E-state index contributed by atoms with van der Waals surface area (Å²) in [6.45, 7) is 6.02. The second-order valence-electron chi connectivity index (χ2n) is 7.20. The molecule has 1 saturated heterocycles. The fraction of sp³-hybridized carbons (Fsp3) is 0.647. The first kappa shape index (κ1) is 16.1. The summed E-state index contributed by atoms with van der Waals surface area (Å²) in [5.41, 5.74) is 2.53. The molecule has 134 valence electrons. The number of carbonyl (C=O) groups is 1. The lowest BCUT2D eigenvalue weighted by Gasteiger charge is -2.31. The largest absolute Gasteiger partial charge is 0.359 e. The number of nitrogens with zero attached hydrogens (tertiary/aromatic N) is 5. The Balaban J connectivity index is 1.28. The fourth-order valence-electron chi connectivity index (χ4n) is 3.40. The van der Waals surface area contributed by atoms with E-state index < -0.39 is 0 Å². The second kappa shape index (κ2) is 6.50. The molecule has 8 heteroatoms. The Morgan fingerprint density at radius 1 is 1.28 bits per heavy atom. The van der Waals surface area contributed by atoms with Crippen LogP contribution in [0.1, 0.15) is 48.7 Å². The monoisotopic (exact) mass is 344 g/mol. The van der Waals surface area contributed by atoms with Crippen molar-refractivity contribution in [1.29, 1.82) is 0 Å². The van der Waals surface area contributed by atoms with Crippen molar-refractivity contribution < 1.29 is 9.32 Å². The zero-order chi connectivity index (χ0) is 17.4. The number of hydrogen-bond acceptors (Lipinski definition) is 5. The number of piperidine rings is 1. The van der Waals surface area contributed by atoms with E-state index in [9.17, 15) is 4.79 Å². The quantitative estimate of drug-likeness (QED) is 0.921. The van der Waals surface area contributed by atoms with Crippen LogP contribution in [0.2, 0.25) is 0 Å². The molecular weight excluding hydrogens is 320 g/mol. The predicted octanol–water partition coefficient (Wildman–Crippen LogP) is 2.70. The van der Waals surface area contributed by atoms with E-state index in [0.717, 1.165) is 38.2 Å². The van der Waals surface area contributed by atoms with Gasteiger partial charge in [0.05, 0.1) is 5.69 Å². The molecule has 1 saturated carbocycles. The van der Waals surface area contributed by atoms with Crippen LogP contribution in [0.5, 0.6) is 0 Å². The van der Waals surface area contributed by atoms with Gasteiger partial charge in [0.25, 0.3) is 0 Å². The fourth-order valence-corrected chi connectivity index (χ4v) is 3.40. The first-order chi connectivity index (χ1) is 12.1. The first-order valence-corrected chi connectivity index (χ1v) is 8.99. The minimum atomic E-state index is -0.0791. The van der Waals surface area contributed by atoms with Crippen LogP contribution in [0, 0.1) is 19.8 Å². The molecule has 0 radical (unpaired) electrons. The first-order valence-electron chi connectivity index (χ1n) is 8.99. The minimum Gasteiger partial charge on any atom is -0.359 e. The molecule has 0 atom stereocenters. The van der Waals surface area contributed by atoms with Crippen molar-refractivity contribution in [1.82, 2.24) is 25.1 Å². The summed E-state index contributed by atoms with van der Waals surface area (Å²) in [5.74, 6) is 1.82. The van der Waals surface area contributed by atoms with Gasteiger partial charge in [-0.05, 0) is 45.4 Å². The Morgan fingerprint density at radius 2 is 2.04 bits per heavy atom. The lowest BCUT2D eigenvalue weighted by atomic mass is 9.97. The number of likely N-dealkylation sites (tertiary alicyclic amines) is 1. The van der Waals surface area contributed by atoms with Gasteiger partial charge >= 0.3 is 6.03 Å². The number of nitrogens with one attached hydrogen (secondary N) is 1. The van der Waals surface area contributed by atoms with E-state index in [4.69, 9.17) is 4.52 Å². The molecule has 0 aromatic carbocycles. The highest BCUT2D eigenvalue weighted by Crippen LogP contribution is 2.38. The smallest absolute Gasteiger partial charge is 0.321 e. The summed E-state index contributed by atoms with van der Waals surface area (Å²) in [5, 5.41) is 15.3. The van der Waals surface area contributed by atoms with Crippen molar-refractivity contribution in [3.63, 3.8) is 0 Å². The third-order valence-corrected chi connectivity index (χ3v) is 5.16. The SMILES string of the molecule is Cc1noc(C)c1NC(=O)N1CCC(Cn2cc(C3CC3)nn2)CC1. The van der Waals surface area contributed by atoms with Gasteiger partial charge in [-0.1, -0.05) is 10.4 Å². The van der Waals surface area contributed by atoms with Crippen molar-refractivity contribution in [2.24, 2.45) is 5.92 Å². The van der Waals surface area contributed by atoms with Crippen LogP contribution < -0.4 is 5.32 Å². The Kier molecular flexibility index (Phi) is 4.19. The number of aromatic nitrogens is 4. The normalized spacial score (nSPS) is 18.6. The van der Waals surface area contributed by atoms with Crippen LogP contribution in [0.3, 0.4) is 0 Å². The Bertz CT molecular complexity index is 736. The molecule has 1 aliphatic heterocycles. The van der Waals surface area contributed by atoms with Crippen molar-refractivity contribution >= 4 is 11.7 Å². The number of aryl methyl sites for hydroxylation is 2. The maximum Gasteiger partial charge on any atom is 0.321 e. The second-order valence-corrected chi connectivity index (χ2v) is 7.20. The topological polar surface area (TPSA) is 89.1 Å². The number of anilines is 1. The number of carbonyl (C=O) groups excluding carboxylic acids is 1. The van der Waals surface area contributed by atoms with Gasteiger partial charge < -0.3 is 14.7 Å². The number of hydrogen-bond donors (Lipinski definition) is 1. The molecule has 0 unspecified atom stereocenters. The van der Waals surface area contributed by atoms with Gasteiger partial charge in [-0.2, -0.15) is 0 Å². The van der Waals surface area contributed by atoms with Gasteiger partial charge in [0, 0.05) is 31.7 Å². The van der Waals surface area contributed by atoms with E-state index in [0.29, 0.717) is 29.0 Å². The van der Waals surface area contributed by atoms with Crippen LogP contribution in [-0.2, 0) is 6.54 Å². The number of urea groups is 1. The molecule has 1 aliphatic carbocycles. The van der Waals surface area contributed by atoms with Crippen molar-refractivity contribution in [2.45, 2.75) is 52.0 Å². The maximum atomic E-state index is 12.4. The average molecular weight is 344 g/mol. The Labute approximate surface area is 146 Å². The van der Waals surface area contributed by atoms with Crippen LogP contribution in [0.25, 0.3) is 0 Å². The molecule has 4 rings (SSSR count). The molecule has 2 amide bonds. The molecule has 1 N–H and O–H groups in total. The third kappa shape index (κ3) is 3.52. The van der Waals surface area contributed by atoms with Gasteiger partial charge in [0.2, 0.25) is 0 Å². The van der Waals surface area contributed by atoms with Crippen molar-refractivity contribution in [3.05, 3.63) is 23.3 Å². The van der Waals surface area contributed by atoms with Gasteiger partial charge in [0.15, 0.2) is 5.76 Å². The van der Waals surface area contributed by atoms with Crippen molar-refractivity contribution in [2.75, 3.05) is 18.4 Å². The summed E-state index contributed by atoms with van der Waals surface area (Å²) in [4.78, 5) is 14.3. The molecule has 0 bridgehead atoms. The lowest BCUT2D eigenvalue weighted by Crippen LogP contribution is -2.41. The highest BCUT2D eigenvalue weighted by molar-refractivity contribution is 5.90. The summed E-state index contributed by atoms with van der Waals surface area (Å²) in [6.07, 6.45) is 6.55. The van der Waals surface area contributed by atoms with Crippen molar-refractivity contribution in [3.8, 4) is 0 Å². The van der Waals surface area contributed by atoms with Crippen LogP contribution in [-0.4, -0.2) is 44.2 Å². The molecule has 2 aromatic heterocycles. The standard InChI is InChI=1S/C17H24N6O2/c1-11-16(12(2)25-20-11)18-17(24)22-7-5-13(6-8-22)9-23-10-15(19-21-23)14-3-4-14/h10,13-14H,3-9H2,1-2H3,(H,18,24). The number of amides is 2. The van der Waals surface area contributed by atoms with Gasteiger partial charge in [-0.3, -0.25) is 4.68 Å². The van der Waals surface area contributed by atoms with Crippen LogP contribution >= 0.6 is 0 Å². The highest BCUT2D eigenvalue weighted by Gasteiger charge is 2.28. The summed E-state index contributed by atoms with van der Waals surface area (Å²) in [6, 6.07) is -0.0791. The molecule has 2 aliphatic rings. The lowest BCUT2D eigenvalue weighted by molar-refractivity contribution is 0.175. The minimum absolute atomic E-state index is 0.0791. The molecule has 2 aromatic rings. The Hall–Kier alpha value is -2.38. The Morgan fingerprint density at radius 3 is 2.68 bits per heavy atom. The van der Waals surface area contributed by atoms with Gasteiger partial charge in [0.1, 0.15) is 11.4 Å². The molecule has 3 heterocycles. The predicted molar refractivity (Wildman–Crippen MR) is 91.3 cm³/mol. The van der Waals surface area contributed by atoms with Gasteiger partial charge in [-0.15, -0.1) is 5.10 Å². The van der Waals surface area contributed by atoms with E-state index in [1.807, 2.05) is 16.5 Å². The zero-order valence-corrected chi connectivity index (χ0v) is 14.7. The number of rotatable bonds is 4. The molecule has 25 heavy (non-hydrogen) atoms. The molecule has 8 nitrogen and oxygen atoms in total. The molecule has 2 fully saturated rings. The van der Waals surface area contributed by atoms with Crippen LogP contribution in [0.15, 0.2) is 10.7 Å². The molecule has 0 spiro atoms. The van der Waals surface area contributed by atoms with Gasteiger partial charge in [-0.25, -0.2) is 4.79 Å². The van der Waals surface area contributed by atoms with E-state index >= 15 is 0 Å². The van der Waals surface area contributed by atoms with E-state index in [2.05, 4.69) is 27.0 Å². The van der Waals surface area contributed by atoms with E-state index in [1.54, 1.807) is 6.92 Å².